The number of ether oxygens (including phenoxy) is 1. The first kappa shape index (κ1) is 14.1. The molecule has 0 unspecified atom stereocenters. The number of aryl methyl sites for hydroxylation is 3. The minimum Gasteiger partial charge on any atom is -0.368 e. The summed E-state index contributed by atoms with van der Waals surface area (Å²) in [6.45, 7) is 6.37. The Morgan fingerprint density at radius 1 is 1.58 bits per heavy atom. The second-order valence-electron chi connectivity index (χ2n) is 5.27. The third-order valence-corrected chi connectivity index (χ3v) is 3.55. The highest BCUT2D eigenvalue weighted by atomic mass is 16.5. The SMILES string of the molecule is Cc1cc(C)n(CCCN(C)C(=O)[C@H]2CCCO2)n1. The van der Waals surface area contributed by atoms with Gasteiger partial charge in [0.15, 0.2) is 0 Å². The van der Waals surface area contributed by atoms with Gasteiger partial charge in [-0.05, 0) is 39.2 Å². The van der Waals surface area contributed by atoms with Gasteiger partial charge in [0, 0.05) is 32.4 Å². The third-order valence-electron chi connectivity index (χ3n) is 3.55. The Labute approximate surface area is 114 Å². The molecule has 0 aromatic carbocycles. The Morgan fingerprint density at radius 3 is 2.95 bits per heavy atom. The fourth-order valence-electron chi connectivity index (χ4n) is 2.49. The van der Waals surface area contributed by atoms with Gasteiger partial charge in [-0.2, -0.15) is 5.10 Å². The Morgan fingerprint density at radius 2 is 2.37 bits per heavy atom. The minimum atomic E-state index is -0.210. The first-order valence-corrected chi connectivity index (χ1v) is 6.95. The summed E-state index contributed by atoms with van der Waals surface area (Å²) in [6, 6.07) is 2.07. The van der Waals surface area contributed by atoms with E-state index in [2.05, 4.69) is 18.1 Å². The van der Waals surface area contributed by atoms with Crippen LogP contribution in [0.15, 0.2) is 6.07 Å². The van der Waals surface area contributed by atoms with Gasteiger partial charge in [-0.1, -0.05) is 0 Å². The van der Waals surface area contributed by atoms with Gasteiger partial charge in [-0.3, -0.25) is 9.48 Å². The molecule has 1 aromatic rings. The van der Waals surface area contributed by atoms with Crippen molar-refractivity contribution >= 4 is 5.91 Å². The summed E-state index contributed by atoms with van der Waals surface area (Å²) in [4.78, 5) is 13.8. The maximum Gasteiger partial charge on any atom is 0.251 e. The summed E-state index contributed by atoms with van der Waals surface area (Å²) in [5, 5.41) is 4.42. The normalized spacial score (nSPS) is 18.8. The van der Waals surface area contributed by atoms with Crippen molar-refractivity contribution in [2.75, 3.05) is 20.2 Å². The molecule has 5 nitrogen and oxygen atoms in total. The van der Waals surface area contributed by atoms with Crippen molar-refractivity contribution in [1.82, 2.24) is 14.7 Å². The summed E-state index contributed by atoms with van der Waals surface area (Å²) in [6.07, 6.45) is 2.56. The van der Waals surface area contributed by atoms with Crippen molar-refractivity contribution in [1.29, 1.82) is 0 Å². The minimum absolute atomic E-state index is 0.117. The van der Waals surface area contributed by atoms with E-state index in [0.717, 1.165) is 44.7 Å². The van der Waals surface area contributed by atoms with Crippen LogP contribution in [0.5, 0.6) is 0 Å². The van der Waals surface area contributed by atoms with E-state index in [9.17, 15) is 4.79 Å². The zero-order valence-corrected chi connectivity index (χ0v) is 12.1. The lowest BCUT2D eigenvalue weighted by molar-refractivity contribution is -0.139. The van der Waals surface area contributed by atoms with Gasteiger partial charge in [0.05, 0.1) is 5.69 Å². The number of hydrogen-bond donors (Lipinski definition) is 0. The molecule has 1 aliphatic rings. The average molecular weight is 265 g/mol. The number of likely N-dealkylation sites (N-methyl/N-ethyl adjacent to an activating group) is 1. The molecule has 0 N–H and O–H groups in total. The fraction of sp³-hybridized carbons (Fsp3) is 0.714. The first-order chi connectivity index (χ1) is 9.08. The van der Waals surface area contributed by atoms with Gasteiger partial charge in [0.25, 0.3) is 5.91 Å². The Hall–Kier alpha value is -1.36. The fourth-order valence-corrected chi connectivity index (χ4v) is 2.49. The highest BCUT2D eigenvalue weighted by Crippen LogP contribution is 2.14. The molecule has 106 valence electrons. The van der Waals surface area contributed by atoms with Crippen LogP contribution < -0.4 is 0 Å². The number of aromatic nitrogens is 2. The van der Waals surface area contributed by atoms with Gasteiger partial charge < -0.3 is 9.64 Å². The summed E-state index contributed by atoms with van der Waals surface area (Å²) in [5.41, 5.74) is 2.21. The van der Waals surface area contributed by atoms with E-state index in [1.807, 2.05) is 18.7 Å². The second kappa shape index (κ2) is 6.19. The van der Waals surface area contributed by atoms with Crippen molar-refractivity contribution in [3.63, 3.8) is 0 Å². The summed E-state index contributed by atoms with van der Waals surface area (Å²) in [5.74, 6) is 0.117. The van der Waals surface area contributed by atoms with E-state index in [0.29, 0.717) is 0 Å². The molecule has 0 bridgehead atoms. The highest BCUT2D eigenvalue weighted by molar-refractivity contribution is 5.80. The molecular weight excluding hydrogens is 242 g/mol. The lowest BCUT2D eigenvalue weighted by Crippen LogP contribution is -2.36. The number of amides is 1. The number of nitrogens with zero attached hydrogens (tertiary/aromatic N) is 3. The Bertz CT molecular complexity index is 436. The van der Waals surface area contributed by atoms with Gasteiger partial charge in [0.1, 0.15) is 6.10 Å². The lowest BCUT2D eigenvalue weighted by Gasteiger charge is -2.20. The first-order valence-electron chi connectivity index (χ1n) is 6.95. The van der Waals surface area contributed by atoms with E-state index in [1.54, 1.807) is 4.90 Å². The smallest absolute Gasteiger partial charge is 0.251 e. The van der Waals surface area contributed by atoms with E-state index >= 15 is 0 Å². The average Bonchev–Trinajstić information content (AvgIpc) is 2.98. The third kappa shape index (κ3) is 3.56. The maximum absolute atomic E-state index is 12.0. The second-order valence-corrected chi connectivity index (χ2v) is 5.27. The quantitative estimate of drug-likeness (QED) is 0.811. The molecule has 1 saturated heterocycles. The molecule has 19 heavy (non-hydrogen) atoms. The molecule has 1 atom stereocenters. The molecule has 1 aliphatic heterocycles. The van der Waals surface area contributed by atoms with Crippen molar-refractivity contribution in [3.8, 4) is 0 Å². The summed E-state index contributed by atoms with van der Waals surface area (Å²) < 4.78 is 7.41. The Balaban J connectivity index is 1.75. The van der Waals surface area contributed by atoms with Gasteiger partial charge in [-0.15, -0.1) is 0 Å². The molecule has 5 heteroatoms. The van der Waals surface area contributed by atoms with Crippen LogP contribution in [-0.2, 0) is 16.1 Å². The van der Waals surface area contributed by atoms with E-state index in [1.165, 1.54) is 5.69 Å². The molecule has 1 aromatic heterocycles. The summed E-state index contributed by atoms with van der Waals surface area (Å²) >= 11 is 0. The molecule has 1 amide bonds. The molecule has 0 radical (unpaired) electrons. The van der Waals surface area contributed by atoms with Crippen molar-refractivity contribution in [2.24, 2.45) is 0 Å². The van der Waals surface area contributed by atoms with Crippen LogP contribution in [0.4, 0.5) is 0 Å². The van der Waals surface area contributed by atoms with E-state index < -0.39 is 0 Å². The number of hydrogen-bond acceptors (Lipinski definition) is 3. The molecular formula is C14H23N3O2. The van der Waals surface area contributed by atoms with E-state index in [4.69, 9.17) is 4.74 Å². The maximum atomic E-state index is 12.0. The predicted molar refractivity (Wildman–Crippen MR) is 72.9 cm³/mol. The van der Waals surface area contributed by atoms with Crippen LogP contribution in [0.25, 0.3) is 0 Å². The van der Waals surface area contributed by atoms with Crippen LogP contribution in [0.1, 0.15) is 30.7 Å². The van der Waals surface area contributed by atoms with Crippen LogP contribution in [0, 0.1) is 13.8 Å². The van der Waals surface area contributed by atoms with Crippen molar-refractivity contribution in [3.05, 3.63) is 17.5 Å². The van der Waals surface area contributed by atoms with Crippen LogP contribution in [-0.4, -0.2) is 46.9 Å². The number of carbonyl (C=O) groups excluding carboxylic acids is 1. The summed E-state index contributed by atoms with van der Waals surface area (Å²) in [7, 11) is 1.85. The Kier molecular flexibility index (Phi) is 4.58. The van der Waals surface area contributed by atoms with Crippen molar-refractivity contribution < 1.29 is 9.53 Å². The molecule has 0 spiro atoms. The van der Waals surface area contributed by atoms with Crippen molar-refractivity contribution in [2.45, 2.75) is 45.8 Å². The topological polar surface area (TPSA) is 47.4 Å². The van der Waals surface area contributed by atoms with Crippen LogP contribution in [0.3, 0.4) is 0 Å². The molecule has 1 fully saturated rings. The zero-order chi connectivity index (χ0) is 13.8. The molecule has 0 aliphatic carbocycles. The van der Waals surface area contributed by atoms with Gasteiger partial charge in [-0.25, -0.2) is 0 Å². The van der Waals surface area contributed by atoms with Gasteiger partial charge >= 0.3 is 0 Å². The molecule has 2 rings (SSSR count). The van der Waals surface area contributed by atoms with E-state index in [-0.39, 0.29) is 12.0 Å². The van der Waals surface area contributed by atoms with Crippen LogP contribution >= 0.6 is 0 Å². The predicted octanol–water partition coefficient (Wildman–Crippen LogP) is 1.53. The highest BCUT2D eigenvalue weighted by Gasteiger charge is 2.25. The zero-order valence-electron chi connectivity index (χ0n) is 12.1. The lowest BCUT2D eigenvalue weighted by atomic mass is 10.2. The standard InChI is InChI=1S/C14H23N3O2/c1-11-10-12(2)17(15-11)8-5-7-16(3)14(18)13-6-4-9-19-13/h10,13H,4-9H2,1-3H3/t13-/m1/s1. The van der Waals surface area contributed by atoms with Crippen LogP contribution in [0.2, 0.25) is 0 Å². The largest absolute Gasteiger partial charge is 0.368 e. The molecule has 2 heterocycles. The number of rotatable bonds is 5. The molecule has 0 saturated carbocycles. The number of carbonyl (C=O) groups is 1. The van der Waals surface area contributed by atoms with Gasteiger partial charge in [0.2, 0.25) is 0 Å². The monoisotopic (exact) mass is 265 g/mol.